The minimum Gasteiger partial charge on any atom is -0.489 e. The van der Waals surface area contributed by atoms with Crippen molar-refractivity contribution in [2.24, 2.45) is 13.0 Å². The highest BCUT2D eigenvalue weighted by molar-refractivity contribution is 7.15. The molecule has 0 saturated carbocycles. The van der Waals surface area contributed by atoms with Crippen molar-refractivity contribution in [2.75, 3.05) is 39.9 Å². The number of piperidine rings is 1. The maximum atomic E-state index is 6.51. The Bertz CT molecular complexity index is 1140. The molecule has 2 aliphatic heterocycles. The summed E-state index contributed by atoms with van der Waals surface area (Å²) in [6.45, 7) is 10.6. The number of aromatic nitrogens is 2. The van der Waals surface area contributed by atoms with E-state index in [1.807, 2.05) is 29.3 Å². The Morgan fingerprint density at radius 1 is 1.18 bits per heavy atom. The van der Waals surface area contributed by atoms with Crippen LogP contribution in [0.5, 0.6) is 11.5 Å². The summed E-state index contributed by atoms with van der Waals surface area (Å²) < 4.78 is 14.8. The number of hydrogen-bond acceptors (Lipinski definition) is 6. The van der Waals surface area contributed by atoms with E-state index in [9.17, 15) is 0 Å². The highest BCUT2D eigenvalue weighted by atomic mass is 32.1. The van der Waals surface area contributed by atoms with Crippen LogP contribution in [0.1, 0.15) is 34.5 Å². The molecular formula is C27H36N4O2S. The fourth-order valence-electron chi connectivity index (χ4n) is 5.07. The molecule has 0 N–H and O–H groups in total. The van der Waals surface area contributed by atoms with Crippen molar-refractivity contribution in [1.29, 1.82) is 0 Å². The van der Waals surface area contributed by atoms with Gasteiger partial charge in [0.05, 0.1) is 12.8 Å². The van der Waals surface area contributed by atoms with Crippen LogP contribution >= 0.6 is 11.3 Å². The standard InChI is InChI=1S/C27H36N4O2S/c1-19-7-8-26(34-19)22-12-23-16-31(17-24-14-28-30(4)20(24)2)10-11-32-27(23)25(13-22)33-18-21-6-5-9-29(3)15-21/h7-8,12-14,21H,5-6,9-11,15-18H2,1-4H3/t21-/m1/s1. The number of rotatable bonds is 6. The van der Waals surface area contributed by atoms with Crippen molar-refractivity contribution >= 4 is 11.3 Å². The van der Waals surface area contributed by atoms with Crippen LogP contribution in [-0.2, 0) is 20.1 Å². The number of aryl methyl sites for hydroxylation is 2. The van der Waals surface area contributed by atoms with Crippen molar-refractivity contribution in [1.82, 2.24) is 19.6 Å². The van der Waals surface area contributed by atoms with Gasteiger partial charge in [0, 0.05) is 65.7 Å². The number of hydrogen-bond donors (Lipinski definition) is 0. The van der Waals surface area contributed by atoms with Gasteiger partial charge in [-0.2, -0.15) is 5.10 Å². The normalized spacial score (nSPS) is 19.5. The van der Waals surface area contributed by atoms with Gasteiger partial charge in [0.25, 0.3) is 0 Å². The number of likely N-dealkylation sites (tertiary alicyclic amines) is 1. The second-order valence-corrected chi connectivity index (χ2v) is 11.2. The molecule has 0 spiro atoms. The first-order valence-electron chi connectivity index (χ1n) is 12.3. The molecule has 1 aromatic carbocycles. The van der Waals surface area contributed by atoms with Gasteiger partial charge in [-0.1, -0.05) is 0 Å². The molecule has 34 heavy (non-hydrogen) atoms. The zero-order chi connectivity index (χ0) is 23.7. The van der Waals surface area contributed by atoms with Crippen LogP contribution in [0.4, 0.5) is 0 Å². The lowest BCUT2D eigenvalue weighted by Crippen LogP contribution is -2.34. The summed E-state index contributed by atoms with van der Waals surface area (Å²) in [4.78, 5) is 7.47. The molecule has 1 saturated heterocycles. The molecule has 4 heterocycles. The third kappa shape index (κ3) is 5.16. The number of fused-ring (bicyclic) bond motifs is 1. The molecule has 0 aliphatic carbocycles. The van der Waals surface area contributed by atoms with E-state index in [0.29, 0.717) is 12.5 Å². The van der Waals surface area contributed by atoms with Gasteiger partial charge in [0.15, 0.2) is 11.5 Å². The maximum Gasteiger partial charge on any atom is 0.165 e. The zero-order valence-corrected chi connectivity index (χ0v) is 21.7. The molecule has 1 atom stereocenters. The molecule has 5 rings (SSSR count). The van der Waals surface area contributed by atoms with E-state index in [0.717, 1.165) is 44.3 Å². The summed E-state index contributed by atoms with van der Waals surface area (Å²) in [5.74, 6) is 2.38. The summed E-state index contributed by atoms with van der Waals surface area (Å²) in [6.07, 6.45) is 4.47. The number of nitrogens with zero attached hydrogens (tertiary/aromatic N) is 4. The van der Waals surface area contributed by atoms with Crippen molar-refractivity contribution in [3.8, 4) is 21.9 Å². The Kier molecular flexibility index (Phi) is 6.95. The Morgan fingerprint density at radius 2 is 2.06 bits per heavy atom. The molecule has 2 aromatic heterocycles. The third-order valence-electron chi connectivity index (χ3n) is 7.13. The first-order chi connectivity index (χ1) is 16.5. The van der Waals surface area contributed by atoms with Gasteiger partial charge in [0.2, 0.25) is 0 Å². The minimum absolute atomic E-state index is 0.567. The highest BCUT2D eigenvalue weighted by Crippen LogP contribution is 2.40. The highest BCUT2D eigenvalue weighted by Gasteiger charge is 2.24. The van der Waals surface area contributed by atoms with Crippen molar-refractivity contribution in [2.45, 2.75) is 39.8 Å². The number of ether oxygens (including phenoxy) is 2. The van der Waals surface area contributed by atoms with Crippen molar-refractivity contribution in [3.63, 3.8) is 0 Å². The second-order valence-electron chi connectivity index (χ2n) is 9.89. The van der Waals surface area contributed by atoms with E-state index in [-0.39, 0.29) is 0 Å². The van der Waals surface area contributed by atoms with Gasteiger partial charge < -0.3 is 14.4 Å². The van der Waals surface area contributed by atoms with E-state index in [4.69, 9.17) is 9.47 Å². The monoisotopic (exact) mass is 480 g/mol. The molecule has 0 amide bonds. The summed E-state index contributed by atoms with van der Waals surface area (Å²) >= 11 is 1.83. The first-order valence-corrected chi connectivity index (χ1v) is 13.2. The molecular weight excluding hydrogens is 444 g/mol. The van der Waals surface area contributed by atoms with Crippen LogP contribution in [0, 0.1) is 19.8 Å². The predicted octanol–water partition coefficient (Wildman–Crippen LogP) is 4.88. The lowest BCUT2D eigenvalue weighted by molar-refractivity contribution is 0.146. The van der Waals surface area contributed by atoms with E-state index < -0.39 is 0 Å². The van der Waals surface area contributed by atoms with Crippen LogP contribution in [0.25, 0.3) is 10.4 Å². The average Bonchev–Trinajstić information content (AvgIpc) is 3.31. The Morgan fingerprint density at radius 3 is 2.79 bits per heavy atom. The summed E-state index contributed by atoms with van der Waals surface area (Å²) in [5, 5.41) is 4.43. The van der Waals surface area contributed by atoms with Crippen molar-refractivity contribution < 1.29 is 9.47 Å². The fraction of sp³-hybridized carbons (Fsp3) is 0.519. The van der Waals surface area contributed by atoms with E-state index in [2.05, 4.69) is 60.1 Å². The third-order valence-corrected chi connectivity index (χ3v) is 8.18. The van der Waals surface area contributed by atoms with Gasteiger partial charge in [-0.05, 0) is 70.1 Å². The second kappa shape index (κ2) is 10.1. The number of benzene rings is 1. The topological polar surface area (TPSA) is 42.8 Å². The predicted molar refractivity (Wildman–Crippen MR) is 138 cm³/mol. The molecule has 182 valence electrons. The maximum absolute atomic E-state index is 6.51. The summed E-state index contributed by atoms with van der Waals surface area (Å²) in [6, 6.07) is 8.90. The first kappa shape index (κ1) is 23.4. The molecule has 2 aliphatic rings. The van der Waals surface area contributed by atoms with Gasteiger partial charge in [-0.25, -0.2) is 0 Å². The molecule has 7 heteroatoms. The van der Waals surface area contributed by atoms with Gasteiger partial charge in [0.1, 0.15) is 6.61 Å². The Hall–Kier alpha value is -2.35. The molecule has 1 fully saturated rings. The van der Waals surface area contributed by atoms with Gasteiger partial charge >= 0.3 is 0 Å². The van der Waals surface area contributed by atoms with Gasteiger partial charge in [-0.3, -0.25) is 9.58 Å². The summed E-state index contributed by atoms with van der Waals surface area (Å²) in [7, 11) is 4.21. The molecule has 0 unspecified atom stereocenters. The van der Waals surface area contributed by atoms with Crippen LogP contribution in [0.15, 0.2) is 30.5 Å². The summed E-state index contributed by atoms with van der Waals surface area (Å²) in [5.41, 5.74) is 4.91. The van der Waals surface area contributed by atoms with E-state index in [1.165, 1.54) is 51.5 Å². The van der Waals surface area contributed by atoms with E-state index in [1.54, 1.807) is 0 Å². The zero-order valence-electron chi connectivity index (χ0n) is 20.8. The van der Waals surface area contributed by atoms with E-state index >= 15 is 0 Å². The van der Waals surface area contributed by atoms with Gasteiger partial charge in [-0.15, -0.1) is 11.3 Å². The minimum atomic E-state index is 0.567. The largest absolute Gasteiger partial charge is 0.489 e. The van der Waals surface area contributed by atoms with Crippen molar-refractivity contribution in [3.05, 3.63) is 52.2 Å². The quantitative estimate of drug-likeness (QED) is 0.503. The van der Waals surface area contributed by atoms with Crippen LogP contribution in [0.3, 0.4) is 0 Å². The van der Waals surface area contributed by atoms with Crippen LogP contribution in [-0.4, -0.2) is 59.5 Å². The SMILES string of the molecule is Cc1ccc(-c2cc3c(c(OC[C@@H]4CCCN(C)C4)c2)OCCN(Cc2cnn(C)c2C)C3)s1. The molecule has 0 radical (unpaired) electrons. The molecule has 0 bridgehead atoms. The molecule has 6 nitrogen and oxygen atoms in total. The fourth-order valence-corrected chi connectivity index (χ4v) is 5.92. The van der Waals surface area contributed by atoms with Crippen LogP contribution in [0.2, 0.25) is 0 Å². The smallest absolute Gasteiger partial charge is 0.165 e. The number of thiophene rings is 1. The lowest BCUT2D eigenvalue weighted by atomic mass is 9.99. The Balaban J connectivity index is 1.42. The average molecular weight is 481 g/mol. The molecule has 3 aromatic rings. The Labute approximate surface area is 207 Å². The van der Waals surface area contributed by atoms with Crippen LogP contribution < -0.4 is 9.47 Å². The lowest BCUT2D eigenvalue weighted by Gasteiger charge is -2.29.